The highest BCUT2D eigenvalue weighted by molar-refractivity contribution is 7.89. The minimum absolute atomic E-state index is 0.0132. The molecule has 1 aromatic carbocycles. The quantitative estimate of drug-likeness (QED) is 0.440. The molecule has 172 valence electrons. The predicted molar refractivity (Wildman–Crippen MR) is 126 cm³/mol. The predicted octanol–water partition coefficient (Wildman–Crippen LogP) is 2.04. The Bertz CT molecular complexity index is 1500. The molecule has 0 unspecified atom stereocenters. The topological polar surface area (TPSA) is 123 Å². The second-order valence-electron chi connectivity index (χ2n) is 7.40. The number of ether oxygens (including phenoxy) is 1. The van der Waals surface area contributed by atoms with Crippen LogP contribution in [0.5, 0.6) is 0 Å². The zero-order valence-electron chi connectivity index (χ0n) is 17.5. The highest BCUT2D eigenvalue weighted by Gasteiger charge is 2.32. The van der Waals surface area contributed by atoms with Gasteiger partial charge in [-0.05, 0) is 19.1 Å². The largest absolute Gasteiger partial charge is 0.379 e. The highest BCUT2D eigenvalue weighted by Crippen LogP contribution is 2.33. The van der Waals surface area contributed by atoms with Crippen LogP contribution in [0.1, 0.15) is 4.88 Å². The molecule has 10 nitrogen and oxygen atoms in total. The highest BCUT2D eigenvalue weighted by atomic mass is 32.2. The fourth-order valence-corrected chi connectivity index (χ4v) is 7.65. The van der Waals surface area contributed by atoms with Crippen molar-refractivity contribution in [2.24, 2.45) is 0 Å². The van der Waals surface area contributed by atoms with Gasteiger partial charge < -0.3 is 10.1 Å². The van der Waals surface area contributed by atoms with Gasteiger partial charge >= 0.3 is 0 Å². The molecule has 13 heteroatoms. The summed E-state index contributed by atoms with van der Waals surface area (Å²) in [6.45, 7) is 2.38. The molecule has 1 fully saturated rings. The monoisotopic (exact) mass is 505 g/mol. The maximum absolute atomic E-state index is 13.3. The molecule has 0 spiro atoms. The van der Waals surface area contributed by atoms with Crippen LogP contribution in [0, 0.1) is 6.92 Å². The third-order valence-electron chi connectivity index (χ3n) is 5.22. The lowest BCUT2D eigenvalue weighted by atomic mass is 10.3. The second kappa shape index (κ2) is 8.57. The van der Waals surface area contributed by atoms with Gasteiger partial charge in [0.1, 0.15) is 16.3 Å². The summed E-state index contributed by atoms with van der Waals surface area (Å²) in [5, 5.41) is 3.13. The summed E-state index contributed by atoms with van der Waals surface area (Å²) in [6.07, 6.45) is 1.27. The van der Waals surface area contributed by atoms with E-state index in [0.717, 1.165) is 26.1 Å². The van der Waals surface area contributed by atoms with E-state index in [2.05, 4.69) is 15.3 Å². The number of amides is 1. The number of hydrogen-bond acceptors (Lipinski definition) is 9. The minimum atomic E-state index is -3.91. The van der Waals surface area contributed by atoms with E-state index in [1.807, 2.05) is 24.3 Å². The van der Waals surface area contributed by atoms with Gasteiger partial charge in [-0.1, -0.05) is 23.5 Å². The average Bonchev–Trinajstić information content (AvgIpc) is 3.36. The normalized spacial score (nSPS) is 15.3. The van der Waals surface area contributed by atoms with E-state index < -0.39 is 21.5 Å². The third-order valence-corrected chi connectivity index (χ3v) is 9.39. The van der Waals surface area contributed by atoms with Crippen molar-refractivity contribution in [1.29, 1.82) is 0 Å². The van der Waals surface area contributed by atoms with Crippen molar-refractivity contribution in [2.45, 2.75) is 18.4 Å². The smallest absolute Gasteiger partial charge is 0.263 e. The molecule has 4 heterocycles. The van der Waals surface area contributed by atoms with Crippen LogP contribution in [0.3, 0.4) is 0 Å². The molecule has 3 aromatic heterocycles. The first kappa shape index (κ1) is 22.1. The average molecular weight is 506 g/mol. The lowest BCUT2D eigenvalue weighted by molar-refractivity contribution is -0.116. The van der Waals surface area contributed by atoms with Crippen LogP contribution in [0.25, 0.3) is 20.4 Å². The molecule has 5 rings (SSSR count). The van der Waals surface area contributed by atoms with Crippen molar-refractivity contribution in [1.82, 2.24) is 18.8 Å². The van der Waals surface area contributed by atoms with Gasteiger partial charge in [-0.3, -0.25) is 14.2 Å². The number of aromatic nitrogens is 3. The molecule has 0 aliphatic carbocycles. The van der Waals surface area contributed by atoms with Crippen molar-refractivity contribution in [2.75, 3.05) is 31.6 Å². The number of anilines is 1. The first-order valence-electron chi connectivity index (χ1n) is 10.1. The van der Waals surface area contributed by atoms with Crippen LogP contribution in [0.2, 0.25) is 0 Å². The lowest BCUT2D eigenvalue weighted by Crippen LogP contribution is -2.41. The van der Waals surface area contributed by atoms with E-state index in [-0.39, 0.29) is 29.9 Å². The standard InChI is InChI=1S/C20H19N5O5S3/c1-12-17(33(28,29)25-6-8-30-9-7-25)16-18(31-12)21-11-24(19(16)27)10-15(26)23-20-22-13-4-2-3-5-14(13)32-20/h2-5,11H,6-10H2,1H3,(H,22,23,26). The van der Waals surface area contributed by atoms with Gasteiger partial charge in [0.15, 0.2) is 5.13 Å². The fraction of sp³-hybridized carbons (Fsp3) is 0.300. The number of carbonyl (C=O) groups excluding carboxylic acids is 1. The van der Waals surface area contributed by atoms with Crippen molar-refractivity contribution in [3.63, 3.8) is 0 Å². The van der Waals surface area contributed by atoms with E-state index in [9.17, 15) is 18.0 Å². The summed E-state index contributed by atoms with van der Waals surface area (Å²) in [5.74, 6) is -0.457. The lowest BCUT2D eigenvalue weighted by Gasteiger charge is -2.26. The van der Waals surface area contributed by atoms with Gasteiger partial charge in [-0.25, -0.2) is 18.4 Å². The molecule has 1 saturated heterocycles. The summed E-state index contributed by atoms with van der Waals surface area (Å²) in [7, 11) is -3.91. The molecule has 1 N–H and O–H groups in total. The number of aryl methyl sites for hydroxylation is 1. The number of fused-ring (bicyclic) bond motifs is 2. The van der Waals surface area contributed by atoms with Crippen LogP contribution in [0.4, 0.5) is 5.13 Å². The van der Waals surface area contributed by atoms with Crippen molar-refractivity contribution in [3.05, 3.63) is 45.8 Å². The summed E-state index contributed by atoms with van der Waals surface area (Å²) in [4.78, 5) is 35.2. The van der Waals surface area contributed by atoms with E-state index in [1.54, 1.807) is 6.92 Å². The van der Waals surface area contributed by atoms with Crippen molar-refractivity contribution < 1.29 is 17.9 Å². The summed E-state index contributed by atoms with van der Waals surface area (Å²) >= 11 is 2.47. The summed E-state index contributed by atoms with van der Waals surface area (Å²) < 4.78 is 35.2. The Morgan fingerprint density at radius 3 is 2.73 bits per heavy atom. The van der Waals surface area contributed by atoms with Crippen LogP contribution in [-0.4, -0.2) is 59.5 Å². The van der Waals surface area contributed by atoms with Gasteiger partial charge in [0.05, 0.1) is 35.1 Å². The maximum Gasteiger partial charge on any atom is 0.263 e. The van der Waals surface area contributed by atoms with E-state index in [4.69, 9.17) is 4.74 Å². The van der Waals surface area contributed by atoms with Crippen molar-refractivity contribution >= 4 is 64.2 Å². The number of morpholine rings is 1. The van der Waals surface area contributed by atoms with Gasteiger partial charge in [0, 0.05) is 18.0 Å². The Labute approximate surface area is 196 Å². The molecule has 4 aromatic rings. The minimum Gasteiger partial charge on any atom is -0.379 e. The van der Waals surface area contributed by atoms with E-state index >= 15 is 0 Å². The fourth-order valence-electron chi connectivity index (χ4n) is 3.69. The Morgan fingerprint density at radius 2 is 1.97 bits per heavy atom. The maximum atomic E-state index is 13.3. The number of rotatable bonds is 5. The summed E-state index contributed by atoms with van der Waals surface area (Å²) in [6, 6.07) is 7.50. The third kappa shape index (κ3) is 4.06. The molecule has 1 amide bonds. The molecule has 1 aliphatic heterocycles. The molecule has 33 heavy (non-hydrogen) atoms. The van der Waals surface area contributed by atoms with Crippen LogP contribution < -0.4 is 10.9 Å². The number of thiazole rings is 1. The number of benzene rings is 1. The number of carbonyl (C=O) groups is 1. The molecule has 1 aliphatic rings. The Hall–Kier alpha value is -2.71. The molecule has 0 bridgehead atoms. The molecule has 0 radical (unpaired) electrons. The van der Waals surface area contributed by atoms with E-state index in [1.165, 1.54) is 22.0 Å². The Morgan fingerprint density at radius 1 is 1.21 bits per heavy atom. The van der Waals surface area contributed by atoms with Crippen LogP contribution in [-0.2, 0) is 26.1 Å². The van der Waals surface area contributed by atoms with Crippen molar-refractivity contribution in [3.8, 4) is 0 Å². The van der Waals surface area contributed by atoms with E-state index in [0.29, 0.717) is 28.1 Å². The zero-order chi connectivity index (χ0) is 23.2. The first-order chi connectivity index (χ1) is 15.8. The second-order valence-corrected chi connectivity index (χ2v) is 11.5. The van der Waals surface area contributed by atoms with Gasteiger partial charge in [0.25, 0.3) is 5.56 Å². The van der Waals surface area contributed by atoms with Crippen LogP contribution in [0.15, 0.2) is 40.3 Å². The molecular formula is C20H19N5O5S3. The van der Waals surface area contributed by atoms with Crippen LogP contribution >= 0.6 is 22.7 Å². The first-order valence-corrected chi connectivity index (χ1v) is 13.1. The number of thiophene rings is 1. The number of nitrogens with zero attached hydrogens (tertiary/aromatic N) is 4. The number of hydrogen-bond donors (Lipinski definition) is 1. The van der Waals surface area contributed by atoms with Gasteiger partial charge in [-0.15, -0.1) is 11.3 Å². The number of nitrogens with one attached hydrogen (secondary N) is 1. The summed E-state index contributed by atoms with van der Waals surface area (Å²) in [5.41, 5.74) is 0.195. The number of para-hydroxylation sites is 1. The Kier molecular flexibility index (Phi) is 5.74. The molecular weight excluding hydrogens is 486 g/mol. The molecule has 0 atom stereocenters. The zero-order valence-corrected chi connectivity index (χ0v) is 19.9. The van der Waals surface area contributed by atoms with Gasteiger partial charge in [-0.2, -0.15) is 4.31 Å². The Balaban J connectivity index is 1.47. The van der Waals surface area contributed by atoms with Gasteiger partial charge in [0.2, 0.25) is 15.9 Å². The SMILES string of the molecule is Cc1sc2ncn(CC(=O)Nc3nc4ccccc4s3)c(=O)c2c1S(=O)(=O)N1CCOCC1. The number of sulfonamides is 1. The molecule has 0 saturated carbocycles.